The molecular formula is C55H35N5. The van der Waals surface area contributed by atoms with Crippen LogP contribution < -0.4 is 0 Å². The van der Waals surface area contributed by atoms with Crippen molar-refractivity contribution in [3.05, 3.63) is 212 Å². The second kappa shape index (κ2) is 13.8. The van der Waals surface area contributed by atoms with Crippen molar-refractivity contribution in [1.29, 1.82) is 0 Å². The molecule has 0 saturated heterocycles. The Labute approximate surface area is 346 Å². The van der Waals surface area contributed by atoms with Crippen LogP contribution in [0.15, 0.2) is 212 Å². The van der Waals surface area contributed by atoms with Crippen LogP contribution in [0.5, 0.6) is 0 Å². The summed E-state index contributed by atoms with van der Waals surface area (Å²) in [6.07, 6.45) is 0. The van der Waals surface area contributed by atoms with Crippen molar-refractivity contribution >= 4 is 54.4 Å². The third-order valence-corrected chi connectivity index (χ3v) is 11.7. The number of hydrogen-bond donors (Lipinski definition) is 0. The molecule has 0 atom stereocenters. The molecule has 12 rings (SSSR count). The van der Waals surface area contributed by atoms with Gasteiger partial charge in [0.2, 0.25) is 0 Å². The molecule has 0 saturated carbocycles. The largest absolute Gasteiger partial charge is 0.309 e. The third kappa shape index (κ3) is 5.44. The number of para-hydroxylation sites is 4. The predicted molar refractivity (Wildman–Crippen MR) is 248 cm³/mol. The Morgan fingerprint density at radius 3 is 1.20 bits per heavy atom. The highest BCUT2D eigenvalue weighted by molar-refractivity contribution is 6.11. The molecule has 5 nitrogen and oxygen atoms in total. The van der Waals surface area contributed by atoms with E-state index in [1.54, 1.807) is 0 Å². The van der Waals surface area contributed by atoms with E-state index >= 15 is 0 Å². The molecule has 0 fully saturated rings. The van der Waals surface area contributed by atoms with Gasteiger partial charge < -0.3 is 9.13 Å². The van der Waals surface area contributed by atoms with Gasteiger partial charge in [-0.15, -0.1) is 0 Å². The van der Waals surface area contributed by atoms with Crippen molar-refractivity contribution in [3.8, 4) is 56.7 Å². The molecule has 0 amide bonds. The Hall–Kier alpha value is -8.15. The molecule has 60 heavy (non-hydrogen) atoms. The van der Waals surface area contributed by atoms with Gasteiger partial charge in [-0.25, -0.2) is 15.0 Å². The van der Waals surface area contributed by atoms with E-state index in [1.807, 2.05) is 18.2 Å². The molecule has 0 radical (unpaired) electrons. The molecule has 12 aromatic rings. The van der Waals surface area contributed by atoms with Gasteiger partial charge in [0.1, 0.15) is 0 Å². The summed E-state index contributed by atoms with van der Waals surface area (Å²) in [5, 5.41) is 7.12. The minimum Gasteiger partial charge on any atom is -0.309 e. The van der Waals surface area contributed by atoms with Gasteiger partial charge in [-0.3, -0.25) is 0 Å². The molecule has 280 valence electrons. The minimum absolute atomic E-state index is 0.593. The number of hydrogen-bond acceptors (Lipinski definition) is 3. The lowest BCUT2D eigenvalue weighted by Gasteiger charge is -2.17. The van der Waals surface area contributed by atoms with E-state index in [0.29, 0.717) is 17.5 Å². The fourth-order valence-corrected chi connectivity index (χ4v) is 9.10. The fraction of sp³-hybridized carbons (Fsp3) is 0. The number of rotatable bonds is 6. The molecule has 0 aliphatic heterocycles. The SMILES string of the molecule is c1ccc(-c2nc(-c3cc(-n4c5ccccc5c5ccccc54)cc(-n4c5ccccc5c5ccccc54)c3)nc(-c3ccc4ccccc4c3-c3ccccc3)n2)cc1. The summed E-state index contributed by atoms with van der Waals surface area (Å²) in [5.41, 5.74) is 11.5. The van der Waals surface area contributed by atoms with Gasteiger partial charge in [-0.1, -0.05) is 164 Å². The van der Waals surface area contributed by atoms with Gasteiger partial charge in [0, 0.05) is 55.2 Å². The third-order valence-electron chi connectivity index (χ3n) is 11.7. The van der Waals surface area contributed by atoms with Gasteiger partial charge in [0.15, 0.2) is 17.5 Å². The number of fused-ring (bicyclic) bond motifs is 7. The summed E-state index contributed by atoms with van der Waals surface area (Å²) in [6.45, 7) is 0. The van der Waals surface area contributed by atoms with Crippen molar-refractivity contribution in [3.63, 3.8) is 0 Å². The highest BCUT2D eigenvalue weighted by atomic mass is 15.0. The zero-order chi connectivity index (χ0) is 39.6. The monoisotopic (exact) mass is 765 g/mol. The molecule has 9 aromatic carbocycles. The second-order valence-electron chi connectivity index (χ2n) is 15.2. The first-order valence-corrected chi connectivity index (χ1v) is 20.3. The fourth-order valence-electron chi connectivity index (χ4n) is 9.10. The highest BCUT2D eigenvalue weighted by Gasteiger charge is 2.21. The van der Waals surface area contributed by atoms with Crippen molar-refractivity contribution in [1.82, 2.24) is 24.1 Å². The molecule has 0 spiro atoms. The van der Waals surface area contributed by atoms with Crippen LogP contribution in [0.1, 0.15) is 0 Å². The van der Waals surface area contributed by atoms with Gasteiger partial charge in [-0.05, 0) is 64.9 Å². The van der Waals surface area contributed by atoms with Crippen molar-refractivity contribution in [2.75, 3.05) is 0 Å². The number of benzene rings is 9. The Kier molecular flexibility index (Phi) is 7.78. The summed E-state index contributed by atoms with van der Waals surface area (Å²) in [4.78, 5) is 16.0. The smallest absolute Gasteiger partial charge is 0.164 e. The maximum atomic E-state index is 5.45. The van der Waals surface area contributed by atoms with E-state index in [0.717, 1.165) is 72.0 Å². The standard InChI is InChI=1S/C55H35N5/c1-3-18-37(19-4-1)52-42-22-8-7-17-36(42)31-32-47(52)55-57-53(38-20-5-2-6-21-38)56-54(58-55)39-33-40(59-48-27-13-9-23-43(48)44-24-10-14-28-49(44)59)35-41(34-39)60-50-29-15-11-25-45(50)46-26-12-16-30-51(46)60/h1-35H. The topological polar surface area (TPSA) is 48.5 Å². The van der Waals surface area contributed by atoms with Gasteiger partial charge >= 0.3 is 0 Å². The Balaban J connectivity index is 1.18. The Morgan fingerprint density at radius 2 is 0.683 bits per heavy atom. The lowest BCUT2D eigenvalue weighted by molar-refractivity contribution is 1.07. The van der Waals surface area contributed by atoms with E-state index < -0.39 is 0 Å². The first-order chi connectivity index (χ1) is 29.8. The Morgan fingerprint density at radius 1 is 0.283 bits per heavy atom. The van der Waals surface area contributed by atoms with Gasteiger partial charge in [-0.2, -0.15) is 0 Å². The first-order valence-electron chi connectivity index (χ1n) is 20.3. The van der Waals surface area contributed by atoms with Gasteiger partial charge in [0.25, 0.3) is 0 Å². The van der Waals surface area contributed by atoms with Crippen LogP contribution >= 0.6 is 0 Å². The lowest BCUT2D eigenvalue weighted by atomic mass is 9.93. The minimum atomic E-state index is 0.593. The molecule has 0 bridgehead atoms. The van der Waals surface area contributed by atoms with Crippen LogP contribution in [0, 0.1) is 0 Å². The highest BCUT2D eigenvalue weighted by Crippen LogP contribution is 2.40. The average Bonchev–Trinajstić information content (AvgIpc) is 3.85. The molecule has 0 aliphatic rings. The average molecular weight is 766 g/mol. The molecule has 3 heterocycles. The lowest BCUT2D eigenvalue weighted by Crippen LogP contribution is -2.04. The summed E-state index contributed by atoms with van der Waals surface area (Å²) in [5.74, 6) is 1.82. The van der Waals surface area contributed by atoms with Crippen LogP contribution in [0.2, 0.25) is 0 Å². The van der Waals surface area contributed by atoms with E-state index in [-0.39, 0.29) is 0 Å². The summed E-state index contributed by atoms with van der Waals surface area (Å²) >= 11 is 0. The van der Waals surface area contributed by atoms with E-state index in [2.05, 4.69) is 203 Å². The number of nitrogens with zero attached hydrogens (tertiary/aromatic N) is 5. The molecule has 0 aliphatic carbocycles. The second-order valence-corrected chi connectivity index (χ2v) is 15.2. The summed E-state index contributed by atoms with van der Waals surface area (Å²) in [7, 11) is 0. The maximum absolute atomic E-state index is 5.45. The molecule has 5 heteroatoms. The van der Waals surface area contributed by atoms with Crippen LogP contribution in [0.4, 0.5) is 0 Å². The van der Waals surface area contributed by atoms with E-state index in [1.165, 1.54) is 21.5 Å². The zero-order valence-corrected chi connectivity index (χ0v) is 32.4. The van der Waals surface area contributed by atoms with E-state index in [9.17, 15) is 0 Å². The molecule has 3 aromatic heterocycles. The maximum Gasteiger partial charge on any atom is 0.164 e. The summed E-state index contributed by atoms with van der Waals surface area (Å²) < 4.78 is 4.76. The zero-order valence-electron chi connectivity index (χ0n) is 32.4. The first kappa shape index (κ1) is 33.9. The van der Waals surface area contributed by atoms with Crippen LogP contribution in [0.3, 0.4) is 0 Å². The van der Waals surface area contributed by atoms with Crippen LogP contribution in [0.25, 0.3) is 111 Å². The van der Waals surface area contributed by atoms with Crippen molar-refractivity contribution < 1.29 is 0 Å². The Bertz CT molecular complexity index is 3360. The van der Waals surface area contributed by atoms with Crippen LogP contribution in [-0.4, -0.2) is 24.1 Å². The molecule has 0 unspecified atom stereocenters. The molecular weight excluding hydrogens is 731 g/mol. The van der Waals surface area contributed by atoms with Crippen LogP contribution in [-0.2, 0) is 0 Å². The molecule has 0 N–H and O–H groups in total. The van der Waals surface area contributed by atoms with Crippen molar-refractivity contribution in [2.45, 2.75) is 0 Å². The quantitative estimate of drug-likeness (QED) is 0.169. The predicted octanol–water partition coefficient (Wildman–Crippen LogP) is 13.9. The van der Waals surface area contributed by atoms with Gasteiger partial charge in [0.05, 0.1) is 22.1 Å². The van der Waals surface area contributed by atoms with E-state index in [4.69, 9.17) is 15.0 Å². The normalized spacial score (nSPS) is 11.7. The number of aromatic nitrogens is 5. The summed E-state index contributed by atoms with van der Waals surface area (Å²) in [6, 6.07) is 75.1. The van der Waals surface area contributed by atoms with Crippen molar-refractivity contribution in [2.24, 2.45) is 0 Å².